The van der Waals surface area contributed by atoms with Crippen molar-refractivity contribution in [1.82, 2.24) is 10.3 Å². The number of pyridine rings is 1. The highest BCUT2D eigenvalue weighted by Gasteiger charge is 2.21. The molecule has 0 radical (unpaired) electrons. The Morgan fingerprint density at radius 1 is 1.50 bits per heavy atom. The van der Waals surface area contributed by atoms with Crippen LogP contribution < -0.4 is 11.1 Å². The second-order valence-corrected chi connectivity index (χ2v) is 3.89. The molecule has 0 saturated carbocycles. The molecule has 3 nitrogen and oxygen atoms in total. The lowest BCUT2D eigenvalue weighted by atomic mass is 9.90. The lowest BCUT2D eigenvalue weighted by molar-refractivity contribution is 0.323. The summed E-state index contributed by atoms with van der Waals surface area (Å²) >= 11 is 0. The molecule has 1 aliphatic heterocycles. The molecule has 2 heterocycles. The SMILES string of the molecule is NC(c1ccccn1)C1CCCNC1. The largest absolute Gasteiger partial charge is 0.322 e. The quantitative estimate of drug-likeness (QED) is 0.735. The molecule has 14 heavy (non-hydrogen) atoms. The predicted molar refractivity (Wildman–Crippen MR) is 56.8 cm³/mol. The molecule has 0 bridgehead atoms. The molecule has 1 aromatic rings. The fourth-order valence-electron chi connectivity index (χ4n) is 2.00. The fraction of sp³-hybridized carbons (Fsp3) is 0.545. The van der Waals surface area contributed by atoms with Crippen molar-refractivity contribution in [2.75, 3.05) is 13.1 Å². The van der Waals surface area contributed by atoms with Gasteiger partial charge in [0.05, 0.1) is 11.7 Å². The predicted octanol–water partition coefficient (Wildman–Crippen LogP) is 1.08. The van der Waals surface area contributed by atoms with Crippen LogP contribution in [0.25, 0.3) is 0 Å². The molecule has 1 aliphatic rings. The lowest BCUT2D eigenvalue weighted by Gasteiger charge is -2.27. The molecule has 0 aromatic carbocycles. The Bertz CT molecular complexity index is 267. The molecule has 0 spiro atoms. The van der Waals surface area contributed by atoms with E-state index in [1.54, 1.807) is 0 Å². The van der Waals surface area contributed by atoms with Gasteiger partial charge in [-0.05, 0) is 44.0 Å². The Morgan fingerprint density at radius 3 is 3.07 bits per heavy atom. The minimum Gasteiger partial charge on any atom is -0.322 e. The number of hydrogen-bond donors (Lipinski definition) is 2. The summed E-state index contributed by atoms with van der Waals surface area (Å²) in [6, 6.07) is 6.02. The van der Waals surface area contributed by atoms with Gasteiger partial charge in [-0.25, -0.2) is 0 Å². The minimum atomic E-state index is 0.0870. The first-order valence-electron chi connectivity index (χ1n) is 5.25. The topological polar surface area (TPSA) is 50.9 Å². The Labute approximate surface area is 84.7 Å². The van der Waals surface area contributed by atoms with Crippen LogP contribution in [0.2, 0.25) is 0 Å². The van der Waals surface area contributed by atoms with E-state index in [0.29, 0.717) is 5.92 Å². The third-order valence-corrected chi connectivity index (χ3v) is 2.87. The van der Waals surface area contributed by atoms with Crippen LogP contribution in [0.15, 0.2) is 24.4 Å². The lowest BCUT2D eigenvalue weighted by Crippen LogP contribution is -2.36. The van der Waals surface area contributed by atoms with Crippen molar-refractivity contribution in [3.05, 3.63) is 30.1 Å². The van der Waals surface area contributed by atoms with Gasteiger partial charge < -0.3 is 11.1 Å². The fourth-order valence-corrected chi connectivity index (χ4v) is 2.00. The molecular formula is C11H17N3. The second-order valence-electron chi connectivity index (χ2n) is 3.89. The van der Waals surface area contributed by atoms with Gasteiger partial charge in [-0.1, -0.05) is 6.07 Å². The molecule has 3 N–H and O–H groups in total. The van der Waals surface area contributed by atoms with Gasteiger partial charge in [-0.2, -0.15) is 0 Å². The number of nitrogens with zero attached hydrogens (tertiary/aromatic N) is 1. The minimum absolute atomic E-state index is 0.0870. The van der Waals surface area contributed by atoms with Crippen molar-refractivity contribution in [2.24, 2.45) is 11.7 Å². The third kappa shape index (κ3) is 2.11. The zero-order chi connectivity index (χ0) is 9.80. The third-order valence-electron chi connectivity index (χ3n) is 2.87. The number of rotatable bonds is 2. The first-order valence-corrected chi connectivity index (χ1v) is 5.25. The standard InChI is InChI=1S/C11H17N3/c12-11(9-4-3-6-13-8-9)10-5-1-2-7-14-10/h1-2,5,7,9,11,13H,3-4,6,8,12H2. The molecular weight excluding hydrogens is 174 g/mol. The van der Waals surface area contributed by atoms with E-state index in [-0.39, 0.29) is 6.04 Å². The number of piperidine rings is 1. The maximum absolute atomic E-state index is 6.17. The van der Waals surface area contributed by atoms with Crippen LogP contribution in [-0.4, -0.2) is 18.1 Å². The molecule has 1 aromatic heterocycles. The summed E-state index contributed by atoms with van der Waals surface area (Å²) in [4.78, 5) is 4.30. The first-order chi connectivity index (χ1) is 6.88. The van der Waals surface area contributed by atoms with E-state index in [1.807, 2.05) is 24.4 Å². The summed E-state index contributed by atoms with van der Waals surface area (Å²) in [5.74, 6) is 0.540. The highest BCUT2D eigenvalue weighted by Crippen LogP contribution is 2.23. The Kier molecular flexibility index (Phi) is 3.11. The number of aromatic nitrogens is 1. The van der Waals surface area contributed by atoms with Crippen LogP contribution in [0.5, 0.6) is 0 Å². The van der Waals surface area contributed by atoms with Gasteiger partial charge in [0.25, 0.3) is 0 Å². The van der Waals surface area contributed by atoms with Gasteiger partial charge in [0, 0.05) is 6.20 Å². The van der Waals surface area contributed by atoms with Crippen molar-refractivity contribution in [3.63, 3.8) is 0 Å². The monoisotopic (exact) mass is 191 g/mol. The Hall–Kier alpha value is -0.930. The second kappa shape index (κ2) is 4.53. The van der Waals surface area contributed by atoms with Crippen molar-refractivity contribution in [2.45, 2.75) is 18.9 Å². The number of nitrogens with two attached hydrogens (primary N) is 1. The number of nitrogens with one attached hydrogen (secondary N) is 1. The van der Waals surface area contributed by atoms with E-state index in [4.69, 9.17) is 5.73 Å². The van der Waals surface area contributed by atoms with Crippen molar-refractivity contribution in [3.8, 4) is 0 Å². The molecule has 0 amide bonds. The van der Waals surface area contributed by atoms with Crippen LogP contribution >= 0.6 is 0 Å². The Balaban J connectivity index is 2.03. The van der Waals surface area contributed by atoms with E-state index in [9.17, 15) is 0 Å². The molecule has 1 fully saturated rings. The van der Waals surface area contributed by atoms with Gasteiger partial charge in [0.2, 0.25) is 0 Å². The molecule has 2 unspecified atom stereocenters. The zero-order valence-electron chi connectivity index (χ0n) is 8.32. The van der Waals surface area contributed by atoms with Crippen molar-refractivity contribution in [1.29, 1.82) is 0 Å². The molecule has 2 rings (SSSR count). The van der Waals surface area contributed by atoms with Crippen LogP contribution in [0.3, 0.4) is 0 Å². The van der Waals surface area contributed by atoms with E-state index < -0.39 is 0 Å². The van der Waals surface area contributed by atoms with Gasteiger partial charge >= 0.3 is 0 Å². The molecule has 2 atom stereocenters. The average Bonchev–Trinajstić information content (AvgIpc) is 2.30. The number of hydrogen-bond acceptors (Lipinski definition) is 3. The van der Waals surface area contributed by atoms with Gasteiger partial charge in [-0.15, -0.1) is 0 Å². The van der Waals surface area contributed by atoms with E-state index in [0.717, 1.165) is 18.8 Å². The maximum Gasteiger partial charge on any atom is 0.0574 e. The van der Waals surface area contributed by atoms with Gasteiger partial charge in [0.15, 0.2) is 0 Å². The van der Waals surface area contributed by atoms with Crippen LogP contribution in [-0.2, 0) is 0 Å². The van der Waals surface area contributed by atoms with Gasteiger partial charge in [-0.3, -0.25) is 4.98 Å². The summed E-state index contributed by atoms with van der Waals surface area (Å²) in [5.41, 5.74) is 7.18. The molecule has 76 valence electrons. The van der Waals surface area contributed by atoms with Crippen LogP contribution in [0.4, 0.5) is 0 Å². The summed E-state index contributed by atoms with van der Waals surface area (Å²) < 4.78 is 0. The average molecular weight is 191 g/mol. The highest BCUT2D eigenvalue weighted by atomic mass is 14.9. The molecule has 1 saturated heterocycles. The van der Waals surface area contributed by atoms with Gasteiger partial charge in [0.1, 0.15) is 0 Å². The van der Waals surface area contributed by atoms with Crippen molar-refractivity contribution < 1.29 is 0 Å². The van der Waals surface area contributed by atoms with Crippen LogP contribution in [0, 0.1) is 5.92 Å². The normalized spacial score (nSPS) is 24.5. The summed E-state index contributed by atoms with van der Waals surface area (Å²) in [6.07, 6.45) is 4.25. The summed E-state index contributed by atoms with van der Waals surface area (Å²) in [5, 5.41) is 3.38. The maximum atomic E-state index is 6.17. The Morgan fingerprint density at radius 2 is 2.43 bits per heavy atom. The highest BCUT2D eigenvalue weighted by molar-refractivity contribution is 5.09. The molecule has 0 aliphatic carbocycles. The molecule has 3 heteroatoms. The van der Waals surface area contributed by atoms with E-state index in [1.165, 1.54) is 12.8 Å². The smallest absolute Gasteiger partial charge is 0.0574 e. The van der Waals surface area contributed by atoms with E-state index in [2.05, 4.69) is 10.3 Å². The first kappa shape index (κ1) is 9.62. The van der Waals surface area contributed by atoms with Crippen molar-refractivity contribution >= 4 is 0 Å². The summed E-state index contributed by atoms with van der Waals surface area (Å²) in [6.45, 7) is 2.16. The van der Waals surface area contributed by atoms with E-state index >= 15 is 0 Å². The van der Waals surface area contributed by atoms with Crippen LogP contribution in [0.1, 0.15) is 24.6 Å². The summed E-state index contributed by atoms with van der Waals surface area (Å²) in [7, 11) is 0. The zero-order valence-corrected chi connectivity index (χ0v) is 8.32.